The second kappa shape index (κ2) is 10.2. The lowest BCUT2D eigenvalue weighted by Crippen LogP contribution is -2.30. The molecule has 0 N–H and O–H groups in total. The molecule has 1 aliphatic rings. The highest BCUT2D eigenvalue weighted by Crippen LogP contribution is 2.34. The molecule has 0 saturated carbocycles. The first-order chi connectivity index (χ1) is 18.3. The molecule has 0 saturated heterocycles. The molecule has 6 nitrogen and oxygen atoms in total. The minimum Gasteiger partial charge on any atom is -0.445 e. The highest BCUT2D eigenvalue weighted by atomic mass is 35.5. The Morgan fingerprint density at radius 1 is 0.763 bits per heavy atom. The summed E-state index contributed by atoms with van der Waals surface area (Å²) in [6, 6.07) is 23.9. The number of halogens is 2. The van der Waals surface area contributed by atoms with Crippen molar-refractivity contribution in [2.45, 2.75) is 13.0 Å². The van der Waals surface area contributed by atoms with Gasteiger partial charge in [0.25, 0.3) is 11.8 Å². The average Bonchev–Trinajstić information content (AvgIpc) is 3.18. The number of amides is 2. The van der Waals surface area contributed by atoms with Gasteiger partial charge in [0.15, 0.2) is 6.10 Å². The van der Waals surface area contributed by atoms with E-state index in [1.807, 2.05) is 0 Å². The lowest BCUT2D eigenvalue weighted by atomic mass is 9.99. The maximum Gasteiger partial charge on any atom is 0.339 e. The largest absolute Gasteiger partial charge is 0.445 e. The summed E-state index contributed by atoms with van der Waals surface area (Å²) < 4.78 is 5.69. The van der Waals surface area contributed by atoms with E-state index in [9.17, 15) is 19.2 Å². The Bertz CT molecular complexity index is 1600. The maximum absolute atomic E-state index is 13.3. The zero-order valence-corrected chi connectivity index (χ0v) is 21.5. The molecule has 8 heteroatoms. The summed E-state index contributed by atoms with van der Waals surface area (Å²) >= 11 is 12.2. The van der Waals surface area contributed by atoms with E-state index in [0.717, 1.165) is 4.90 Å². The number of hydrogen-bond acceptors (Lipinski definition) is 5. The summed E-state index contributed by atoms with van der Waals surface area (Å²) in [5, 5.41) is 0.881. The Kier molecular flexibility index (Phi) is 6.85. The Morgan fingerprint density at radius 3 is 2.16 bits per heavy atom. The molecule has 0 spiro atoms. The van der Waals surface area contributed by atoms with Gasteiger partial charge in [-0.3, -0.25) is 14.4 Å². The van der Waals surface area contributed by atoms with Crippen molar-refractivity contribution < 1.29 is 23.9 Å². The Labute approximate surface area is 228 Å². The molecule has 4 aromatic carbocycles. The third kappa shape index (κ3) is 4.60. The topological polar surface area (TPSA) is 80.8 Å². The molecule has 38 heavy (non-hydrogen) atoms. The molecule has 0 radical (unpaired) electrons. The third-order valence-electron chi connectivity index (χ3n) is 6.30. The molecule has 0 aromatic heterocycles. The summed E-state index contributed by atoms with van der Waals surface area (Å²) in [7, 11) is 0. The SMILES string of the molecule is Cc1c(Cl)cccc1N1C(=O)c2ccc(C(=O)O[C@@H](C(=O)c3ccccc3)c3ccc(Cl)cc3)cc2C1=O. The molecule has 0 aliphatic carbocycles. The first-order valence-corrected chi connectivity index (χ1v) is 12.4. The van der Waals surface area contributed by atoms with Crippen molar-refractivity contribution in [3.8, 4) is 0 Å². The number of ether oxygens (including phenoxy) is 1. The fourth-order valence-corrected chi connectivity index (χ4v) is 4.56. The predicted octanol–water partition coefficient (Wildman–Crippen LogP) is 6.88. The van der Waals surface area contributed by atoms with E-state index < -0.39 is 29.7 Å². The van der Waals surface area contributed by atoms with Crippen LogP contribution in [0.1, 0.15) is 58.7 Å². The predicted molar refractivity (Wildman–Crippen MR) is 144 cm³/mol. The molecule has 0 fully saturated rings. The van der Waals surface area contributed by atoms with Gasteiger partial charge in [-0.1, -0.05) is 71.7 Å². The van der Waals surface area contributed by atoms with Crippen molar-refractivity contribution in [2.24, 2.45) is 0 Å². The van der Waals surface area contributed by atoms with Gasteiger partial charge in [0.1, 0.15) is 0 Å². The third-order valence-corrected chi connectivity index (χ3v) is 6.96. The molecule has 1 aliphatic heterocycles. The number of benzene rings is 4. The van der Waals surface area contributed by atoms with E-state index in [0.29, 0.717) is 32.4 Å². The van der Waals surface area contributed by atoms with Crippen molar-refractivity contribution in [1.82, 2.24) is 0 Å². The van der Waals surface area contributed by atoms with Crippen LogP contribution in [-0.4, -0.2) is 23.6 Å². The average molecular weight is 544 g/mol. The van der Waals surface area contributed by atoms with Crippen LogP contribution in [-0.2, 0) is 4.74 Å². The van der Waals surface area contributed by atoms with E-state index in [2.05, 4.69) is 0 Å². The molecule has 1 heterocycles. The molecule has 188 valence electrons. The maximum atomic E-state index is 13.3. The number of carbonyl (C=O) groups is 4. The van der Waals surface area contributed by atoms with Gasteiger partial charge in [-0.05, 0) is 55.0 Å². The Morgan fingerprint density at radius 2 is 1.45 bits per heavy atom. The van der Waals surface area contributed by atoms with Crippen LogP contribution in [0.25, 0.3) is 0 Å². The van der Waals surface area contributed by atoms with E-state index in [-0.39, 0.29) is 16.7 Å². The number of rotatable bonds is 6. The summed E-state index contributed by atoms with van der Waals surface area (Å²) in [6.45, 7) is 1.71. The van der Waals surface area contributed by atoms with Crippen LogP contribution >= 0.6 is 23.2 Å². The van der Waals surface area contributed by atoms with Gasteiger partial charge >= 0.3 is 5.97 Å². The zero-order chi connectivity index (χ0) is 27.0. The van der Waals surface area contributed by atoms with Crippen LogP contribution in [0.15, 0.2) is 91.0 Å². The quantitative estimate of drug-likeness (QED) is 0.150. The van der Waals surface area contributed by atoms with E-state index in [1.54, 1.807) is 79.7 Å². The van der Waals surface area contributed by atoms with Crippen molar-refractivity contribution in [3.05, 3.63) is 134 Å². The van der Waals surface area contributed by atoms with Gasteiger partial charge in [0.2, 0.25) is 5.78 Å². The Balaban J connectivity index is 1.46. The number of ketones is 1. The minimum absolute atomic E-state index is 0.0226. The highest BCUT2D eigenvalue weighted by Gasteiger charge is 2.38. The van der Waals surface area contributed by atoms with Crippen molar-refractivity contribution >= 4 is 52.5 Å². The van der Waals surface area contributed by atoms with Crippen LogP contribution in [0, 0.1) is 6.92 Å². The molecule has 1 atom stereocenters. The second-order valence-corrected chi connectivity index (χ2v) is 9.50. The van der Waals surface area contributed by atoms with Crippen LogP contribution in [0.4, 0.5) is 5.69 Å². The lowest BCUT2D eigenvalue weighted by Gasteiger charge is -2.18. The van der Waals surface area contributed by atoms with Gasteiger partial charge < -0.3 is 4.74 Å². The smallest absolute Gasteiger partial charge is 0.339 e. The summed E-state index contributed by atoms with van der Waals surface area (Å²) in [4.78, 5) is 53.9. The molecule has 0 bridgehead atoms. The number of esters is 1. The second-order valence-electron chi connectivity index (χ2n) is 8.66. The number of Topliss-reactive ketones (excluding diaryl/α,β-unsaturated/α-hetero) is 1. The lowest BCUT2D eigenvalue weighted by molar-refractivity contribution is 0.0280. The molecular weight excluding hydrogens is 525 g/mol. The van der Waals surface area contributed by atoms with E-state index in [1.165, 1.54) is 18.2 Å². The van der Waals surface area contributed by atoms with Gasteiger partial charge in [-0.25, -0.2) is 9.69 Å². The van der Waals surface area contributed by atoms with Gasteiger partial charge in [0, 0.05) is 21.2 Å². The summed E-state index contributed by atoms with van der Waals surface area (Å²) in [5.41, 5.74) is 1.97. The standard InChI is InChI=1S/C30H19Cl2NO5/c1-17-24(32)8-5-9-25(17)33-28(35)22-15-12-20(16-23(22)29(33)36)30(37)38-27(19-10-13-21(31)14-11-19)26(34)18-6-3-2-4-7-18/h2-16,27H,1H3/t27-/m1/s1. The molecular formula is C30H19Cl2NO5. The highest BCUT2D eigenvalue weighted by molar-refractivity contribution is 6.36. The van der Waals surface area contributed by atoms with Crippen molar-refractivity contribution in [1.29, 1.82) is 0 Å². The number of imide groups is 1. The molecule has 0 unspecified atom stereocenters. The molecule has 5 rings (SSSR count). The minimum atomic E-state index is -1.25. The van der Waals surface area contributed by atoms with Crippen LogP contribution in [0.5, 0.6) is 0 Å². The Hall–Kier alpha value is -4.26. The number of carbonyl (C=O) groups excluding carboxylic acids is 4. The number of hydrogen-bond donors (Lipinski definition) is 0. The number of fused-ring (bicyclic) bond motifs is 1. The fourth-order valence-electron chi connectivity index (χ4n) is 4.26. The van der Waals surface area contributed by atoms with Gasteiger partial charge in [0.05, 0.1) is 22.4 Å². The number of anilines is 1. The summed E-state index contributed by atoms with van der Waals surface area (Å²) in [5.74, 6) is -2.35. The van der Waals surface area contributed by atoms with Gasteiger partial charge in [-0.15, -0.1) is 0 Å². The van der Waals surface area contributed by atoms with Crippen LogP contribution < -0.4 is 4.90 Å². The van der Waals surface area contributed by atoms with Crippen LogP contribution in [0.2, 0.25) is 10.0 Å². The van der Waals surface area contributed by atoms with Crippen molar-refractivity contribution in [2.75, 3.05) is 4.90 Å². The zero-order valence-electron chi connectivity index (χ0n) is 20.0. The number of nitrogens with zero attached hydrogens (tertiary/aromatic N) is 1. The normalized spacial score (nSPS) is 13.3. The fraction of sp³-hybridized carbons (Fsp3) is 0.0667. The first kappa shape index (κ1) is 25.4. The van der Waals surface area contributed by atoms with Crippen molar-refractivity contribution in [3.63, 3.8) is 0 Å². The first-order valence-electron chi connectivity index (χ1n) is 11.6. The molecule has 4 aromatic rings. The molecule has 2 amide bonds. The summed E-state index contributed by atoms with van der Waals surface area (Å²) in [6.07, 6.45) is -1.25. The van der Waals surface area contributed by atoms with E-state index >= 15 is 0 Å². The van der Waals surface area contributed by atoms with Crippen LogP contribution in [0.3, 0.4) is 0 Å². The van der Waals surface area contributed by atoms with E-state index in [4.69, 9.17) is 27.9 Å². The monoisotopic (exact) mass is 543 g/mol. The van der Waals surface area contributed by atoms with Gasteiger partial charge in [-0.2, -0.15) is 0 Å².